The Bertz CT molecular complexity index is 690. The lowest BCUT2D eigenvalue weighted by Crippen LogP contribution is -2.08. The number of hydrogen-bond acceptors (Lipinski definition) is 4. The van der Waals surface area contributed by atoms with Crippen LogP contribution in [0.3, 0.4) is 0 Å². The molecule has 112 valence electrons. The van der Waals surface area contributed by atoms with Gasteiger partial charge in [-0.05, 0) is 23.6 Å². The van der Waals surface area contributed by atoms with Crippen LogP contribution < -0.4 is 0 Å². The minimum absolute atomic E-state index is 0.0635. The van der Waals surface area contributed by atoms with Crippen molar-refractivity contribution in [3.8, 4) is 11.1 Å². The number of ether oxygens (including phenoxy) is 1. The molecule has 0 amide bonds. The zero-order valence-corrected chi connectivity index (χ0v) is 12.1. The highest BCUT2D eigenvalue weighted by molar-refractivity contribution is 6.16. The van der Waals surface area contributed by atoms with Crippen molar-refractivity contribution in [3.05, 3.63) is 76.5 Å². The maximum absolute atomic E-state index is 11.8. The van der Waals surface area contributed by atoms with Crippen molar-refractivity contribution in [3.63, 3.8) is 0 Å². The van der Waals surface area contributed by atoms with Gasteiger partial charge in [0, 0.05) is 0 Å². The smallest absolute Gasteiger partial charge is 0.345 e. The van der Waals surface area contributed by atoms with E-state index in [1.165, 1.54) is 0 Å². The van der Waals surface area contributed by atoms with Gasteiger partial charge in [-0.25, -0.2) is 4.79 Å². The summed E-state index contributed by atoms with van der Waals surface area (Å²) in [5.41, 5.74) is 2.39. The van der Waals surface area contributed by atoms with Crippen LogP contribution in [0.15, 0.2) is 60.8 Å². The standard InChI is InChI=1S/C17H15NO4/c1-2-22-17(19)16(12-18(20)21)15-10-8-14(9-11-15)13-6-4-3-5-7-13/h3-12H,2H2,1H3/b16-12-. The van der Waals surface area contributed by atoms with Crippen LogP contribution in [0, 0.1) is 10.1 Å². The number of nitrogens with zero attached hydrogens (tertiary/aromatic N) is 1. The zero-order chi connectivity index (χ0) is 15.9. The fourth-order valence-corrected chi connectivity index (χ4v) is 2.03. The Morgan fingerprint density at radius 1 is 1.09 bits per heavy atom. The molecular weight excluding hydrogens is 282 g/mol. The molecular formula is C17H15NO4. The summed E-state index contributed by atoms with van der Waals surface area (Å²) in [6.45, 7) is 1.82. The van der Waals surface area contributed by atoms with Gasteiger partial charge in [0.25, 0.3) is 0 Å². The molecule has 22 heavy (non-hydrogen) atoms. The van der Waals surface area contributed by atoms with E-state index in [9.17, 15) is 14.9 Å². The van der Waals surface area contributed by atoms with E-state index in [2.05, 4.69) is 0 Å². The monoisotopic (exact) mass is 297 g/mol. The van der Waals surface area contributed by atoms with E-state index in [1.54, 1.807) is 19.1 Å². The largest absolute Gasteiger partial charge is 0.462 e. The number of rotatable bonds is 5. The molecule has 0 heterocycles. The van der Waals surface area contributed by atoms with Crippen molar-refractivity contribution in [1.29, 1.82) is 0 Å². The molecule has 0 unspecified atom stereocenters. The normalized spacial score (nSPS) is 11.0. The van der Waals surface area contributed by atoms with Gasteiger partial charge < -0.3 is 4.74 Å². The molecule has 0 aromatic heterocycles. The van der Waals surface area contributed by atoms with E-state index < -0.39 is 10.9 Å². The van der Waals surface area contributed by atoms with Gasteiger partial charge in [0.15, 0.2) is 0 Å². The van der Waals surface area contributed by atoms with Crippen molar-refractivity contribution < 1.29 is 14.5 Å². The first kappa shape index (κ1) is 15.4. The summed E-state index contributed by atoms with van der Waals surface area (Å²) in [6, 6.07) is 16.7. The van der Waals surface area contributed by atoms with Crippen LogP contribution in [0.2, 0.25) is 0 Å². The number of benzene rings is 2. The Morgan fingerprint density at radius 2 is 1.68 bits per heavy atom. The van der Waals surface area contributed by atoms with Crippen LogP contribution >= 0.6 is 0 Å². The lowest BCUT2D eigenvalue weighted by Gasteiger charge is -2.06. The van der Waals surface area contributed by atoms with Gasteiger partial charge in [-0.15, -0.1) is 0 Å². The average Bonchev–Trinajstić information content (AvgIpc) is 2.54. The highest BCUT2D eigenvalue weighted by atomic mass is 16.6. The number of carbonyl (C=O) groups is 1. The SMILES string of the molecule is CCOC(=O)/C(=C\[N+](=O)[O-])c1ccc(-c2ccccc2)cc1. The Labute approximate surface area is 128 Å². The quantitative estimate of drug-likeness (QED) is 0.366. The van der Waals surface area contributed by atoms with E-state index in [1.807, 2.05) is 42.5 Å². The van der Waals surface area contributed by atoms with Crippen molar-refractivity contribution in [1.82, 2.24) is 0 Å². The third kappa shape index (κ3) is 3.79. The van der Waals surface area contributed by atoms with Crippen LogP contribution in [0.25, 0.3) is 16.7 Å². The van der Waals surface area contributed by atoms with Crippen molar-refractivity contribution in [2.45, 2.75) is 6.92 Å². The molecule has 0 bridgehead atoms. The minimum Gasteiger partial charge on any atom is -0.462 e. The summed E-state index contributed by atoms with van der Waals surface area (Å²) in [5, 5.41) is 10.7. The number of esters is 1. The fraction of sp³-hybridized carbons (Fsp3) is 0.118. The van der Waals surface area contributed by atoms with E-state index >= 15 is 0 Å². The molecule has 0 aliphatic heterocycles. The zero-order valence-electron chi connectivity index (χ0n) is 12.1. The molecule has 0 N–H and O–H groups in total. The van der Waals surface area contributed by atoms with Gasteiger partial charge in [0.1, 0.15) is 5.57 Å². The number of carbonyl (C=O) groups excluding carboxylic acids is 1. The van der Waals surface area contributed by atoms with Gasteiger partial charge in [0.2, 0.25) is 6.20 Å². The summed E-state index contributed by atoms with van der Waals surface area (Å²) in [5.74, 6) is -0.702. The first-order valence-corrected chi connectivity index (χ1v) is 6.80. The minimum atomic E-state index is -0.702. The van der Waals surface area contributed by atoms with Crippen LogP contribution in [-0.2, 0) is 9.53 Å². The van der Waals surface area contributed by atoms with Crippen molar-refractivity contribution in [2.75, 3.05) is 6.61 Å². The highest BCUT2D eigenvalue weighted by Crippen LogP contribution is 2.23. The van der Waals surface area contributed by atoms with E-state index in [0.717, 1.165) is 11.1 Å². The van der Waals surface area contributed by atoms with E-state index in [-0.39, 0.29) is 12.2 Å². The lowest BCUT2D eigenvalue weighted by atomic mass is 10.0. The first-order valence-electron chi connectivity index (χ1n) is 6.80. The summed E-state index contributed by atoms with van der Waals surface area (Å²) in [4.78, 5) is 21.9. The molecule has 0 atom stereocenters. The third-order valence-electron chi connectivity index (χ3n) is 3.03. The van der Waals surface area contributed by atoms with Gasteiger partial charge >= 0.3 is 5.97 Å². The molecule has 5 heteroatoms. The maximum Gasteiger partial charge on any atom is 0.345 e. The Hall–Kier alpha value is -2.95. The number of hydrogen-bond donors (Lipinski definition) is 0. The van der Waals surface area contributed by atoms with Gasteiger partial charge in [-0.3, -0.25) is 10.1 Å². The molecule has 0 radical (unpaired) electrons. The molecule has 0 aliphatic carbocycles. The molecule has 0 spiro atoms. The van der Waals surface area contributed by atoms with E-state index in [0.29, 0.717) is 11.8 Å². The Kier molecular flexibility index (Phi) is 5.03. The summed E-state index contributed by atoms with van der Waals surface area (Å²) < 4.78 is 4.86. The van der Waals surface area contributed by atoms with Gasteiger partial charge in [-0.1, -0.05) is 54.6 Å². The summed E-state index contributed by atoms with van der Waals surface area (Å²) in [7, 11) is 0. The number of nitro groups is 1. The maximum atomic E-state index is 11.8. The van der Waals surface area contributed by atoms with Gasteiger partial charge in [-0.2, -0.15) is 0 Å². The van der Waals surface area contributed by atoms with E-state index in [4.69, 9.17) is 4.74 Å². The molecule has 2 rings (SSSR count). The van der Waals surface area contributed by atoms with Crippen LogP contribution in [0.4, 0.5) is 0 Å². The van der Waals surface area contributed by atoms with Crippen molar-refractivity contribution in [2.24, 2.45) is 0 Å². The predicted octanol–water partition coefficient (Wildman–Crippen LogP) is 3.53. The predicted molar refractivity (Wildman–Crippen MR) is 83.5 cm³/mol. The lowest BCUT2D eigenvalue weighted by molar-refractivity contribution is -0.401. The topological polar surface area (TPSA) is 69.4 Å². The molecule has 0 saturated heterocycles. The first-order chi connectivity index (χ1) is 10.6. The van der Waals surface area contributed by atoms with Crippen LogP contribution in [-0.4, -0.2) is 17.5 Å². The molecule has 2 aromatic rings. The summed E-state index contributed by atoms with van der Waals surface area (Å²) >= 11 is 0. The second kappa shape index (κ2) is 7.17. The fourth-order valence-electron chi connectivity index (χ4n) is 2.03. The third-order valence-corrected chi connectivity index (χ3v) is 3.03. The second-order valence-electron chi connectivity index (χ2n) is 4.49. The van der Waals surface area contributed by atoms with Gasteiger partial charge in [0.05, 0.1) is 11.5 Å². The molecule has 2 aromatic carbocycles. The van der Waals surface area contributed by atoms with Crippen LogP contribution in [0.5, 0.6) is 0 Å². The molecule has 0 aliphatic rings. The Morgan fingerprint density at radius 3 is 2.23 bits per heavy atom. The second-order valence-corrected chi connectivity index (χ2v) is 4.49. The van der Waals surface area contributed by atoms with Crippen LogP contribution in [0.1, 0.15) is 12.5 Å². The van der Waals surface area contributed by atoms with Crippen molar-refractivity contribution >= 4 is 11.5 Å². The molecule has 0 saturated carbocycles. The molecule has 5 nitrogen and oxygen atoms in total. The Balaban J connectivity index is 2.34. The average molecular weight is 297 g/mol. The highest BCUT2D eigenvalue weighted by Gasteiger charge is 2.17. The summed E-state index contributed by atoms with van der Waals surface area (Å²) in [6.07, 6.45) is 0.676. The molecule has 0 fully saturated rings.